The zero-order chi connectivity index (χ0) is 18.0. The van der Waals surface area contributed by atoms with Crippen LogP contribution in [0.15, 0.2) is 11.0 Å². The molecular formula is C18H26N2O2S3. The summed E-state index contributed by atoms with van der Waals surface area (Å²) in [6.45, 7) is 5.92. The van der Waals surface area contributed by atoms with Crippen molar-refractivity contribution in [2.24, 2.45) is 0 Å². The molecular weight excluding hydrogens is 372 g/mol. The molecule has 0 amide bonds. The molecule has 0 saturated heterocycles. The number of hydrogen-bond donors (Lipinski definition) is 1. The van der Waals surface area contributed by atoms with Crippen LogP contribution in [-0.2, 0) is 10.0 Å². The largest absolute Gasteiger partial charge is 0.241 e. The van der Waals surface area contributed by atoms with Crippen molar-refractivity contribution in [1.82, 2.24) is 9.71 Å². The first-order valence-electron chi connectivity index (χ1n) is 8.94. The Bertz CT molecular complexity index is 809. The van der Waals surface area contributed by atoms with Crippen molar-refractivity contribution in [1.29, 1.82) is 0 Å². The molecule has 0 bridgehead atoms. The van der Waals surface area contributed by atoms with Gasteiger partial charge in [-0.2, -0.15) is 0 Å². The molecule has 0 aromatic carbocycles. The van der Waals surface area contributed by atoms with E-state index >= 15 is 0 Å². The first-order chi connectivity index (χ1) is 11.9. The summed E-state index contributed by atoms with van der Waals surface area (Å²) in [4.78, 5) is 7.94. The second-order valence-electron chi connectivity index (χ2n) is 6.86. The van der Waals surface area contributed by atoms with Gasteiger partial charge in [-0.15, -0.1) is 22.7 Å². The van der Waals surface area contributed by atoms with Crippen molar-refractivity contribution >= 4 is 32.7 Å². The molecule has 138 valence electrons. The quantitative estimate of drug-likeness (QED) is 0.771. The lowest BCUT2D eigenvalue weighted by molar-refractivity contribution is 0.426. The molecule has 1 aliphatic carbocycles. The monoisotopic (exact) mass is 398 g/mol. The van der Waals surface area contributed by atoms with E-state index in [1.807, 2.05) is 20.8 Å². The Labute approximate surface area is 158 Å². The van der Waals surface area contributed by atoms with Gasteiger partial charge in [-0.25, -0.2) is 18.1 Å². The minimum absolute atomic E-state index is 0.0670. The van der Waals surface area contributed by atoms with E-state index in [4.69, 9.17) is 0 Å². The number of thiophene rings is 1. The third-order valence-electron chi connectivity index (χ3n) is 4.83. The number of aromatic nitrogens is 1. The average Bonchev–Trinajstić information content (AvgIpc) is 3.06. The standard InChI is InChI=1S/C18H26N2O2S3/c1-12-13(2)24-18(19-12)16-11-17(14(3)23-16)25(21,22)20-15-9-7-5-4-6-8-10-15/h11,15,20H,4-10H2,1-3H3. The highest BCUT2D eigenvalue weighted by Gasteiger charge is 2.25. The lowest BCUT2D eigenvalue weighted by Crippen LogP contribution is -2.35. The van der Waals surface area contributed by atoms with Gasteiger partial charge in [-0.05, 0) is 39.7 Å². The van der Waals surface area contributed by atoms with E-state index in [1.54, 1.807) is 17.4 Å². The molecule has 2 heterocycles. The highest BCUT2D eigenvalue weighted by atomic mass is 32.2. The summed E-state index contributed by atoms with van der Waals surface area (Å²) in [7, 11) is -3.47. The Kier molecular flexibility index (Phi) is 5.98. The van der Waals surface area contributed by atoms with Gasteiger partial charge in [0.15, 0.2) is 0 Å². The van der Waals surface area contributed by atoms with Gasteiger partial charge in [-0.3, -0.25) is 0 Å². The molecule has 0 aliphatic heterocycles. The van der Waals surface area contributed by atoms with E-state index in [0.29, 0.717) is 4.90 Å². The molecule has 7 heteroatoms. The van der Waals surface area contributed by atoms with E-state index < -0.39 is 10.0 Å². The fraction of sp³-hybridized carbons (Fsp3) is 0.611. The van der Waals surface area contributed by atoms with Crippen molar-refractivity contribution in [2.45, 2.75) is 76.7 Å². The number of thiazole rings is 1. The molecule has 1 fully saturated rings. The topological polar surface area (TPSA) is 59.1 Å². The molecule has 1 saturated carbocycles. The predicted octanol–water partition coefficient (Wildman–Crippen LogP) is 5.19. The van der Waals surface area contributed by atoms with Crippen molar-refractivity contribution in [2.75, 3.05) is 0 Å². The van der Waals surface area contributed by atoms with Gasteiger partial charge < -0.3 is 0 Å². The first-order valence-corrected chi connectivity index (χ1v) is 12.1. The number of nitrogens with one attached hydrogen (secondary N) is 1. The van der Waals surface area contributed by atoms with Crippen LogP contribution < -0.4 is 4.72 Å². The van der Waals surface area contributed by atoms with Crippen LogP contribution in [0.5, 0.6) is 0 Å². The molecule has 2 aromatic heterocycles. The van der Waals surface area contributed by atoms with E-state index in [2.05, 4.69) is 9.71 Å². The lowest BCUT2D eigenvalue weighted by atomic mass is 9.97. The van der Waals surface area contributed by atoms with Crippen LogP contribution in [0.25, 0.3) is 9.88 Å². The van der Waals surface area contributed by atoms with Crippen LogP contribution in [-0.4, -0.2) is 19.4 Å². The van der Waals surface area contributed by atoms with Gasteiger partial charge in [0.1, 0.15) is 5.01 Å². The highest BCUT2D eigenvalue weighted by Crippen LogP contribution is 2.36. The van der Waals surface area contributed by atoms with Crippen molar-refractivity contribution in [3.8, 4) is 9.88 Å². The third kappa shape index (κ3) is 4.51. The second-order valence-corrected chi connectivity index (χ2v) is 11.0. The van der Waals surface area contributed by atoms with Crippen LogP contribution in [0.3, 0.4) is 0 Å². The number of sulfonamides is 1. The Morgan fingerprint density at radius 3 is 2.24 bits per heavy atom. The molecule has 3 rings (SSSR count). The Balaban J connectivity index is 1.82. The maximum atomic E-state index is 12.9. The van der Waals surface area contributed by atoms with Crippen molar-refractivity contribution in [3.63, 3.8) is 0 Å². The summed E-state index contributed by atoms with van der Waals surface area (Å²) in [5.41, 5.74) is 1.02. The molecule has 25 heavy (non-hydrogen) atoms. The molecule has 1 aliphatic rings. The Morgan fingerprint density at radius 1 is 1.00 bits per heavy atom. The maximum absolute atomic E-state index is 12.9. The first kappa shape index (κ1) is 19.0. The van der Waals surface area contributed by atoms with Gasteiger partial charge in [0, 0.05) is 15.8 Å². The third-order valence-corrected chi connectivity index (χ3v) is 8.90. The smallest absolute Gasteiger partial charge is 0.240 e. The fourth-order valence-corrected chi connectivity index (χ4v) is 7.13. The van der Waals surface area contributed by atoms with E-state index in [9.17, 15) is 8.42 Å². The lowest BCUT2D eigenvalue weighted by Gasteiger charge is -2.20. The summed E-state index contributed by atoms with van der Waals surface area (Å²) in [6.07, 6.45) is 7.81. The van der Waals surface area contributed by atoms with Crippen LogP contribution in [0.1, 0.15) is 60.4 Å². The van der Waals surface area contributed by atoms with Gasteiger partial charge in [-0.1, -0.05) is 32.1 Å². The molecule has 1 N–H and O–H groups in total. The zero-order valence-corrected chi connectivity index (χ0v) is 17.5. The predicted molar refractivity (Wildman–Crippen MR) is 106 cm³/mol. The normalized spacial score (nSPS) is 17.4. The number of nitrogens with zero attached hydrogens (tertiary/aromatic N) is 1. The van der Waals surface area contributed by atoms with Crippen LogP contribution in [0, 0.1) is 20.8 Å². The number of rotatable bonds is 4. The SMILES string of the molecule is Cc1nc(-c2cc(S(=O)(=O)NC3CCCCCCC3)c(C)s2)sc1C. The van der Waals surface area contributed by atoms with Gasteiger partial charge in [0.05, 0.1) is 15.5 Å². The number of hydrogen-bond acceptors (Lipinski definition) is 5. The summed E-state index contributed by atoms with van der Waals surface area (Å²) >= 11 is 3.14. The van der Waals surface area contributed by atoms with E-state index in [0.717, 1.165) is 46.1 Å². The summed E-state index contributed by atoms with van der Waals surface area (Å²) < 4.78 is 28.8. The molecule has 0 radical (unpaired) electrons. The molecule has 0 spiro atoms. The van der Waals surface area contributed by atoms with Crippen LogP contribution >= 0.6 is 22.7 Å². The van der Waals surface area contributed by atoms with Crippen LogP contribution in [0.4, 0.5) is 0 Å². The summed E-state index contributed by atoms with van der Waals surface area (Å²) in [5.74, 6) is 0. The summed E-state index contributed by atoms with van der Waals surface area (Å²) in [6, 6.07) is 1.86. The van der Waals surface area contributed by atoms with Gasteiger partial charge in [0.2, 0.25) is 10.0 Å². The maximum Gasteiger partial charge on any atom is 0.241 e. The fourth-order valence-electron chi connectivity index (χ4n) is 3.27. The summed E-state index contributed by atoms with van der Waals surface area (Å²) in [5, 5.41) is 0.913. The van der Waals surface area contributed by atoms with E-state index in [-0.39, 0.29) is 6.04 Å². The Hall–Kier alpha value is -0.760. The molecule has 0 atom stereocenters. The van der Waals surface area contributed by atoms with Crippen LogP contribution in [0.2, 0.25) is 0 Å². The zero-order valence-electron chi connectivity index (χ0n) is 15.1. The molecule has 2 aromatic rings. The van der Waals surface area contributed by atoms with Crippen molar-refractivity contribution in [3.05, 3.63) is 21.5 Å². The number of aryl methyl sites for hydroxylation is 3. The van der Waals surface area contributed by atoms with Gasteiger partial charge in [0.25, 0.3) is 0 Å². The minimum atomic E-state index is -3.47. The Morgan fingerprint density at radius 2 is 1.64 bits per heavy atom. The minimum Gasteiger partial charge on any atom is -0.240 e. The van der Waals surface area contributed by atoms with Gasteiger partial charge >= 0.3 is 0 Å². The van der Waals surface area contributed by atoms with Crippen molar-refractivity contribution < 1.29 is 8.42 Å². The average molecular weight is 399 g/mol. The second kappa shape index (κ2) is 7.86. The molecule has 4 nitrogen and oxygen atoms in total. The van der Waals surface area contributed by atoms with E-state index in [1.165, 1.54) is 35.5 Å². The molecule has 0 unspecified atom stereocenters. The highest BCUT2D eigenvalue weighted by molar-refractivity contribution is 7.89.